The SMILES string of the molecule is CC(=O)N1CCC(C(=O)N2CCN(S(=O)(=O)c3ccc(C)cc3)CC2)CC1. The van der Waals surface area contributed by atoms with Crippen molar-refractivity contribution >= 4 is 21.8 Å². The Morgan fingerprint density at radius 2 is 1.44 bits per heavy atom. The first-order valence-corrected chi connectivity index (χ1v) is 10.8. The van der Waals surface area contributed by atoms with Gasteiger partial charge in [0.15, 0.2) is 0 Å². The molecule has 2 aliphatic heterocycles. The number of carbonyl (C=O) groups excluding carboxylic acids is 2. The van der Waals surface area contributed by atoms with Crippen LogP contribution in [-0.2, 0) is 19.6 Å². The summed E-state index contributed by atoms with van der Waals surface area (Å²) in [7, 11) is -3.52. The van der Waals surface area contributed by atoms with Gasteiger partial charge in [-0.2, -0.15) is 4.31 Å². The molecule has 7 nitrogen and oxygen atoms in total. The predicted molar refractivity (Wildman–Crippen MR) is 101 cm³/mol. The highest BCUT2D eigenvalue weighted by Crippen LogP contribution is 2.22. The highest BCUT2D eigenvalue weighted by atomic mass is 32.2. The number of likely N-dealkylation sites (tertiary alicyclic amines) is 1. The summed E-state index contributed by atoms with van der Waals surface area (Å²) in [6.07, 6.45) is 1.36. The Bertz CT molecular complexity index is 791. The van der Waals surface area contributed by atoms with E-state index < -0.39 is 10.0 Å². The van der Waals surface area contributed by atoms with Crippen molar-refractivity contribution in [1.82, 2.24) is 14.1 Å². The first kappa shape index (κ1) is 19.8. The summed E-state index contributed by atoms with van der Waals surface area (Å²) in [6, 6.07) is 6.84. The second kappa shape index (κ2) is 7.98. The summed E-state index contributed by atoms with van der Waals surface area (Å²) in [4.78, 5) is 28.0. The number of rotatable bonds is 3. The largest absolute Gasteiger partial charge is 0.343 e. The van der Waals surface area contributed by atoms with Gasteiger partial charge in [-0.15, -0.1) is 0 Å². The molecule has 0 spiro atoms. The highest BCUT2D eigenvalue weighted by Gasteiger charge is 2.34. The first-order valence-electron chi connectivity index (χ1n) is 9.40. The van der Waals surface area contributed by atoms with E-state index in [1.165, 1.54) is 4.31 Å². The normalized spacial score (nSPS) is 19.9. The fourth-order valence-corrected chi connectivity index (χ4v) is 5.13. The Labute approximate surface area is 161 Å². The fraction of sp³-hybridized carbons (Fsp3) is 0.579. The summed E-state index contributed by atoms with van der Waals surface area (Å²) in [5, 5.41) is 0. The molecule has 2 saturated heterocycles. The van der Waals surface area contributed by atoms with Crippen molar-refractivity contribution < 1.29 is 18.0 Å². The molecule has 3 rings (SSSR count). The molecule has 0 saturated carbocycles. The van der Waals surface area contributed by atoms with E-state index in [1.807, 2.05) is 6.92 Å². The van der Waals surface area contributed by atoms with Gasteiger partial charge < -0.3 is 9.80 Å². The lowest BCUT2D eigenvalue weighted by Crippen LogP contribution is -2.53. The summed E-state index contributed by atoms with van der Waals surface area (Å²) in [6.45, 7) is 6.16. The standard InChI is InChI=1S/C19H27N3O4S/c1-15-3-5-18(6-4-15)27(25,26)22-13-11-21(12-14-22)19(24)17-7-9-20(10-8-17)16(2)23/h3-6,17H,7-14H2,1-2H3. The number of piperazine rings is 1. The van der Waals surface area contributed by atoms with Crippen LogP contribution in [0, 0.1) is 12.8 Å². The van der Waals surface area contributed by atoms with Crippen LogP contribution in [0.4, 0.5) is 0 Å². The fourth-order valence-electron chi connectivity index (χ4n) is 3.71. The maximum absolute atomic E-state index is 12.8. The molecular formula is C19H27N3O4S. The Kier molecular flexibility index (Phi) is 5.86. The van der Waals surface area contributed by atoms with Crippen LogP contribution in [0.1, 0.15) is 25.3 Å². The van der Waals surface area contributed by atoms with Gasteiger partial charge in [-0.25, -0.2) is 8.42 Å². The molecule has 0 aliphatic carbocycles. The van der Waals surface area contributed by atoms with Gasteiger partial charge in [0.1, 0.15) is 0 Å². The molecule has 148 valence electrons. The van der Waals surface area contributed by atoms with Crippen molar-refractivity contribution in [3.63, 3.8) is 0 Å². The molecule has 0 bridgehead atoms. The molecule has 8 heteroatoms. The second-order valence-corrected chi connectivity index (χ2v) is 9.26. The summed E-state index contributed by atoms with van der Waals surface area (Å²) in [5.41, 5.74) is 1.01. The zero-order valence-corrected chi connectivity index (χ0v) is 16.7. The molecule has 0 unspecified atom stereocenters. The van der Waals surface area contributed by atoms with Crippen LogP contribution >= 0.6 is 0 Å². The molecule has 2 amide bonds. The lowest BCUT2D eigenvalue weighted by atomic mass is 9.95. The van der Waals surface area contributed by atoms with Crippen molar-refractivity contribution in [3.8, 4) is 0 Å². The van der Waals surface area contributed by atoms with Crippen LogP contribution in [0.3, 0.4) is 0 Å². The van der Waals surface area contributed by atoms with Crippen molar-refractivity contribution in [2.75, 3.05) is 39.3 Å². The number of hydrogen-bond acceptors (Lipinski definition) is 4. The molecule has 0 radical (unpaired) electrons. The Morgan fingerprint density at radius 3 is 1.96 bits per heavy atom. The van der Waals surface area contributed by atoms with Crippen LogP contribution in [0.5, 0.6) is 0 Å². The lowest BCUT2D eigenvalue weighted by Gasteiger charge is -2.38. The summed E-state index contributed by atoms with van der Waals surface area (Å²) >= 11 is 0. The van der Waals surface area contributed by atoms with Crippen LogP contribution in [0.2, 0.25) is 0 Å². The van der Waals surface area contributed by atoms with Crippen LogP contribution in [-0.4, -0.2) is 73.6 Å². The molecule has 1 aromatic carbocycles. The number of sulfonamides is 1. The Morgan fingerprint density at radius 1 is 0.889 bits per heavy atom. The molecule has 2 heterocycles. The molecule has 27 heavy (non-hydrogen) atoms. The number of hydrogen-bond donors (Lipinski definition) is 0. The van der Waals surface area contributed by atoms with Crippen molar-refractivity contribution in [3.05, 3.63) is 29.8 Å². The van der Waals surface area contributed by atoms with E-state index in [0.717, 1.165) is 5.56 Å². The minimum Gasteiger partial charge on any atom is -0.343 e. The van der Waals surface area contributed by atoms with Crippen LogP contribution < -0.4 is 0 Å². The number of amides is 2. The minimum absolute atomic E-state index is 0.0517. The molecule has 0 N–H and O–H groups in total. The number of piperidine rings is 1. The minimum atomic E-state index is -3.52. The zero-order chi connectivity index (χ0) is 19.6. The number of aryl methyl sites for hydroxylation is 1. The first-order chi connectivity index (χ1) is 12.8. The van der Waals surface area contributed by atoms with Gasteiger partial charge in [0.25, 0.3) is 0 Å². The van der Waals surface area contributed by atoms with E-state index in [-0.39, 0.29) is 17.7 Å². The zero-order valence-electron chi connectivity index (χ0n) is 15.9. The second-order valence-electron chi connectivity index (χ2n) is 7.32. The quantitative estimate of drug-likeness (QED) is 0.770. The van der Waals surface area contributed by atoms with E-state index in [4.69, 9.17) is 0 Å². The summed E-state index contributed by atoms with van der Waals surface area (Å²) < 4.78 is 27.0. The van der Waals surface area contributed by atoms with Crippen molar-refractivity contribution in [2.45, 2.75) is 31.6 Å². The monoisotopic (exact) mass is 393 g/mol. The van der Waals surface area contributed by atoms with E-state index in [0.29, 0.717) is 57.0 Å². The van der Waals surface area contributed by atoms with Crippen molar-refractivity contribution in [2.24, 2.45) is 5.92 Å². The van der Waals surface area contributed by atoms with E-state index >= 15 is 0 Å². The number of carbonyl (C=O) groups is 2. The smallest absolute Gasteiger partial charge is 0.243 e. The highest BCUT2D eigenvalue weighted by molar-refractivity contribution is 7.89. The van der Waals surface area contributed by atoms with Crippen LogP contribution in [0.25, 0.3) is 0 Å². The third-order valence-corrected chi connectivity index (χ3v) is 7.41. The average Bonchev–Trinajstić information content (AvgIpc) is 2.68. The maximum Gasteiger partial charge on any atom is 0.243 e. The Hall–Kier alpha value is -1.93. The number of nitrogens with zero attached hydrogens (tertiary/aromatic N) is 3. The van der Waals surface area contributed by atoms with E-state index in [9.17, 15) is 18.0 Å². The molecule has 0 aromatic heterocycles. The van der Waals surface area contributed by atoms with Gasteiger partial charge in [0, 0.05) is 52.1 Å². The third kappa shape index (κ3) is 4.32. The Balaban J connectivity index is 1.56. The van der Waals surface area contributed by atoms with E-state index in [2.05, 4.69) is 0 Å². The van der Waals surface area contributed by atoms with Gasteiger partial charge in [-0.1, -0.05) is 17.7 Å². The van der Waals surface area contributed by atoms with Gasteiger partial charge in [-0.3, -0.25) is 9.59 Å². The molecule has 2 fully saturated rings. The molecule has 1 aromatic rings. The van der Waals surface area contributed by atoms with Gasteiger partial charge in [-0.05, 0) is 31.9 Å². The predicted octanol–water partition coefficient (Wildman–Crippen LogP) is 1.09. The molecular weight excluding hydrogens is 366 g/mol. The van der Waals surface area contributed by atoms with Crippen molar-refractivity contribution in [1.29, 1.82) is 0 Å². The van der Waals surface area contributed by atoms with Crippen LogP contribution in [0.15, 0.2) is 29.2 Å². The average molecular weight is 394 g/mol. The lowest BCUT2D eigenvalue weighted by molar-refractivity contribution is -0.141. The van der Waals surface area contributed by atoms with Gasteiger partial charge in [0.2, 0.25) is 21.8 Å². The third-order valence-electron chi connectivity index (χ3n) is 5.50. The molecule has 2 aliphatic rings. The van der Waals surface area contributed by atoms with Gasteiger partial charge >= 0.3 is 0 Å². The summed E-state index contributed by atoms with van der Waals surface area (Å²) in [5.74, 6) is 0.0715. The maximum atomic E-state index is 12.8. The number of benzene rings is 1. The van der Waals surface area contributed by atoms with E-state index in [1.54, 1.807) is 41.0 Å². The molecule has 0 atom stereocenters. The van der Waals surface area contributed by atoms with Gasteiger partial charge in [0.05, 0.1) is 4.90 Å². The topological polar surface area (TPSA) is 78.0 Å².